The molecule has 20 heavy (non-hydrogen) atoms. The Morgan fingerprint density at radius 1 is 1.45 bits per heavy atom. The molecule has 4 nitrogen and oxygen atoms in total. The van der Waals surface area contributed by atoms with Crippen LogP contribution in [0.2, 0.25) is 0 Å². The lowest BCUT2D eigenvalue weighted by Crippen LogP contribution is -2.49. The van der Waals surface area contributed by atoms with Crippen LogP contribution in [-0.4, -0.2) is 49.6 Å². The zero-order valence-electron chi connectivity index (χ0n) is 12.5. The number of para-hydroxylation sites is 1. The first-order chi connectivity index (χ1) is 9.61. The second-order valence-corrected chi connectivity index (χ2v) is 5.40. The Balaban J connectivity index is 2.01. The van der Waals surface area contributed by atoms with E-state index in [4.69, 9.17) is 9.47 Å². The maximum atomic E-state index is 12.4. The molecule has 0 bridgehead atoms. The summed E-state index contributed by atoms with van der Waals surface area (Å²) in [5.41, 5.74) is 0.922. The molecule has 0 N–H and O–H groups in total. The number of carbonyl (C=O) groups excluding carboxylic acids is 1. The summed E-state index contributed by atoms with van der Waals surface area (Å²) < 4.78 is 10.9. The summed E-state index contributed by atoms with van der Waals surface area (Å²) in [7, 11) is 1.63. The van der Waals surface area contributed by atoms with E-state index in [2.05, 4.69) is 18.7 Å². The lowest BCUT2D eigenvalue weighted by atomic mass is 10.0. The van der Waals surface area contributed by atoms with E-state index in [1.807, 2.05) is 24.3 Å². The van der Waals surface area contributed by atoms with Crippen LogP contribution in [0.15, 0.2) is 24.3 Å². The highest BCUT2D eigenvalue weighted by atomic mass is 16.5. The lowest BCUT2D eigenvalue weighted by Gasteiger charge is -2.34. The van der Waals surface area contributed by atoms with Gasteiger partial charge in [-0.1, -0.05) is 18.2 Å². The fourth-order valence-electron chi connectivity index (χ4n) is 2.48. The Bertz CT molecular complexity index is 459. The molecular weight excluding hydrogens is 254 g/mol. The summed E-state index contributed by atoms with van der Waals surface area (Å²) in [6.07, 6.45) is 0.0386. The summed E-state index contributed by atoms with van der Waals surface area (Å²) in [6, 6.07) is 8.09. The minimum absolute atomic E-state index is 0.125. The van der Waals surface area contributed by atoms with E-state index in [0.717, 1.165) is 17.9 Å². The molecule has 1 saturated heterocycles. The summed E-state index contributed by atoms with van der Waals surface area (Å²) in [4.78, 5) is 14.7. The Morgan fingerprint density at radius 2 is 2.20 bits per heavy atom. The highest BCUT2D eigenvalue weighted by Crippen LogP contribution is 2.20. The third kappa shape index (κ3) is 3.58. The number of ketones is 1. The largest absolute Gasteiger partial charge is 0.496 e. The van der Waals surface area contributed by atoms with Crippen molar-refractivity contribution in [2.75, 3.05) is 26.8 Å². The first-order valence-electron chi connectivity index (χ1n) is 7.12. The van der Waals surface area contributed by atoms with Gasteiger partial charge < -0.3 is 9.47 Å². The quantitative estimate of drug-likeness (QED) is 0.824. The highest BCUT2D eigenvalue weighted by molar-refractivity contribution is 5.86. The van der Waals surface area contributed by atoms with Gasteiger partial charge in [-0.2, -0.15) is 0 Å². The van der Waals surface area contributed by atoms with Crippen molar-refractivity contribution in [1.82, 2.24) is 4.90 Å². The summed E-state index contributed by atoms with van der Waals surface area (Å²) >= 11 is 0. The van der Waals surface area contributed by atoms with Gasteiger partial charge in [-0.05, 0) is 19.9 Å². The molecule has 0 aliphatic carbocycles. The second-order valence-electron chi connectivity index (χ2n) is 5.40. The van der Waals surface area contributed by atoms with Crippen LogP contribution in [0.3, 0.4) is 0 Å². The van der Waals surface area contributed by atoms with Crippen molar-refractivity contribution in [2.24, 2.45) is 0 Å². The number of hydrogen-bond donors (Lipinski definition) is 0. The molecule has 0 amide bonds. The second kappa shape index (κ2) is 6.86. The molecule has 1 aliphatic heterocycles. The molecule has 0 aromatic heterocycles. The number of methoxy groups -OCH3 is 1. The molecule has 1 aliphatic rings. The number of benzene rings is 1. The minimum Gasteiger partial charge on any atom is -0.496 e. The molecule has 1 atom stereocenters. The smallest absolute Gasteiger partial charge is 0.167 e. The SMILES string of the molecule is COc1ccccc1CC(=O)C1CN(C(C)C)CCO1. The predicted octanol–water partition coefficient (Wildman–Crippen LogP) is 1.92. The Morgan fingerprint density at radius 3 is 2.90 bits per heavy atom. The first-order valence-corrected chi connectivity index (χ1v) is 7.12. The van der Waals surface area contributed by atoms with E-state index < -0.39 is 0 Å². The van der Waals surface area contributed by atoms with E-state index >= 15 is 0 Å². The topological polar surface area (TPSA) is 38.8 Å². The van der Waals surface area contributed by atoms with Gasteiger partial charge in [-0.15, -0.1) is 0 Å². The molecular formula is C16H23NO3. The van der Waals surface area contributed by atoms with Crippen LogP contribution in [0.4, 0.5) is 0 Å². The van der Waals surface area contributed by atoms with Gasteiger partial charge in [-0.3, -0.25) is 9.69 Å². The molecule has 1 aromatic rings. The number of hydrogen-bond acceptors (Lipinski definition) is 4. The molecule has 0 saturated carbocycles. The van der Waals surface area contributed by atoms with Crippen LogP contribution < -0.4 is 4.74 Å². The van der Waals surface area contributed by atoms with Crippen molar-refractivity contribution in [3.63, 3.8) is 0 Å². The summed E-state index contributed by atoms with van der Waals surface area (Å²) in [6.45, 7) is 6.50. The number of carbonyl (C=O) groups is 1. The van der Waals surface area contributed by atoms with Gasteiger partial charge in [0.1, 0.15) is 11.9 Å². The zero-order valence-corrected chi connectivity index (χ0v) is 12.5. The number of ether oxygens (including phenoxy) is 2. The maximum absolute atomic E-state index is 12.4. The third-order valence-electron chi connectivity index (χ3n) is 3.74. The average Bonchev–Trinajstić information content (AvgIpc) is 2.48. The Labute approximate surface area is 120 Å². The number of Topliss-reactive ketones (excluding diaryl/α,β-unsaturated/α-hetero) is 1. The Hall–Kier alpha value is -1.39. The molecule has 1 heterocycles. The van der Waals surface area contributed by atoms with Crippen LogP contribution in [-0.2, 0) is 16.0 Å². The monoisotopic (exact) mass is 277 g/mol. The van der Waals surface area contributed by atoms with Gasteiger partial charge in [0.05, 0.1) is 13.7 Å². The van der Waals surface area contributed by atoms with E-state index in [9.17, 15) is 4.79 Å². The van der Waals surface area contributed by atoms with Crippen molar-refractivity contribution in [1.29, 1.82) is 0 Å². The molecule has 4 heteroatoms. The number of nitrogens with zero attached hydrogens (tertiary/aromatic N) is 1. The summed E-state index contributed by atoms with van der Waals surface area (Å²) in [5, 5.41) is 0. The fourth-order valence-corrected chi connectivity index (χ4v) is 2.48. The minimum atomic E-state index is -0.323. The van der Waals surface area contributed by atoms with Crippen LogP contribution in [0.25, 0.3) is 0 Å². The van der Waals surface area contributed by atoms with Crippen molar-refractivity contribution in [3.05, 3.63) is 29.8 Å². The van der Waals surface area contributed by atoms with Gasteiger partial charge in [0, 0.05) is 31.1 Å². The molecule has 2 rings (SSSR count). The van der Waals surface area contributed by atoms with Gasteiger partial charge in [0.2, 0.25) is 0 Å². The average molecular weight is 277 g/mol. The van der Waals surface area contributed by atoms with Crippen LogP contribution in [0.1, 0.15) is 19.4 Å². The van der Waals surface area contributed by atoms with Crippen molar-refractivity contribution in [2.45, 2.75) is 32.4 Å². The van der Waals surface area contributed by atoms with E-state index in [0.29, 0.717) is 25.6 Å². The van der Waals surface area contributed by atoms with Crippen molar-refractivity contribution >= 4 is 5.78 Å². The van der Waals surface area contributed by atoms with Gasteiger partial charge in [-0.25, -0.2) is 0 Å². The normalized spacial score (nSPS) is 20.1. The van der Waals surface area contributed by atoms with Crippen LogP contribution in [0.5, 0.6) is 5.75 Å². The van der Waals surface area contributed by atoms with Gasteiger partial charge in [0.25, 0.3) is 0 Å². The van der Waals surface area contributed by atoms with Gasteiger partial charge >= 0.3 is 0 Å². The number of rotatable bonds is 5. The van der Waals surface area contributed by atoms with Crippen LogP contribution >= 0.6 is 0 Å². The van der Waals surface area contributed by atoms with Gasteiger partial charge in [0.15, 0.2) is 5.78 Å². The predicted molar refractivity (Wildman–Crippen MR) is 78.2 cm³/mol. The standard InChI is InChI=1S/C16H23NO3/c1-12(2)17-8-9-20-16(11-17)14(18)10-13-6-4-5-7-15(13)19-3/h4-7,12,16H,8-11H2,1-3H3. The third-order valence-corrected chi connectivity index (χ3v) is 3.74. The Kier molecular flexibility index (Phi) is 5.15. The molecule has 1 unspecified atom stereocenters. The highest BCUT2D eigenvalue weighted by Gasteiger charge is 2.28. The molecule has 0 spiro atoms. The molecule has 1 aromatic carbocycles. The zero-order chi connectivity index (χ0) is 14.5. The first kappa shape index (κ1) is 15.0. The summed E-state index contributed by atoms with van der Waals surface area (Å²) in [5.74, 6) is 0.886. The van der Waals surface area contributed by atoms with Crippen molar-refractivity contribution in [3.8, 4) is 5.75 Å². The van der Waals surface area contributed by atoms with Crippen molar-refractivity contribution < 1.29 is 14.3 Å². The van der Waals surface area contributed by atoms with E-state index in [1.165, 1.54) is 0 Å². The molecule has 110 valence electrons. The van der Waals surface area contributed by atoms with Crippen LogP contribution in [0, 0.1) is 0 Å². The van der Waals surface area contributed by atoms with E-state index in [-0.39, 0.29) is 11.9 Å². The van der Waals surface area contributed by atoms with E-state index in [1.54, 1.807) is 7.11 Å². The lowest BCUT2D eigenvalue weighted by molar-refractivity contribution is -0.136. The molecule has 1 fully saturated rings. The number of morpholine rings is 1. The maximum Gasteiger partial charge on any atom is 0.167 e. The molecule has 0 radical (unpaired) electrons. The fraction of sp³-hybridized carbons (Fsp3) is 0.562.